The summed E-state index contributed by atoms with van der Waals surface area (Å²) >= 11 is 0. The van der Waals surface area contributed by atoms with Crippen LogP contribution in [-0.4, -0.2) is 6.10 Å². The molecule has 1 fully saturated rings. The highest BCUT2D eigenvalue weighted by molar-refractivity contribution is 5.21. The minimum absolute atomic E-state index is 0.0262. The second-order valence-electron chi connectivity index (χ2n) is 4.46. The zero-order chi connectivity index (χ0) is 10.9. The van der Waals surface area contributed by atoms with Gasteiger partial charge in [-0.25, -0.2) is 9.78 Å². The number of hydrogen-bond acceptors (Lipinski definition) is 2. The summed E-state index contributed by atoms with van der Waals surface area (Å²) in [4.78, 5) is 10.7. The van der Waals surface area contributed by atoms with Gasteiger partial charge in [0, 0.05) is 5.41 Å². The van der Waals surface area contributed by atoms with Crippen molar-refractivity contribution in [1.82, 2.24) is 0 Å². The van der Waals surface area contributed by atoms with Crippen LogP contribution in [0.25, 0.3) is 0 Å². The SMILES string of the molecule is C=C[C@H]1OO[C@@H](c2ccccc2)C1(C)C. The van der Waals surface area contributed by atoms with Gasteiger partial charge in [-0.1, -0.05) is 50.3 Å². The van der Waals surface area contributed by atoms with Crippen LogP contribution in [0.5, 0.6) is 0 Å². The van der Waals surface area contributed by atoms with Crippen molar-refractivity contribution in [3.63, 3.8) is 0 Å². The first-order valence-electron chi connectivity index (χ1n) is 5.16. The van der Waals surface area contributed by atoms with E-state index in [0.717, 1.165) is 5.56 Å². The molecule has 1 aliphatic heterocycles. The minimum Gasteiger partial charge on any atom is -0.228 e. The van der Waals surface area contributed by atoms with Gasteiger partial charge in [0.05, 0.1) is 0 Å². The van der Waals surface area contributed by atoms with Crippen LogP contribution in [0.1, 0.15) is 25.5 Å². The summed E-state index contributed by atoms with van der Waals surface area (Å²) in [5.74, 6) is 0. The van der Waals surface area contributed by atoms with E-state index in [-0.39, 0.29) is 17.6 Å². The fourth-order valence-corrected chi connectivity index (χ4v) is 1.97. The molecule has 1 aliphatic rings. The van der Waals surface area contributed by atoms with E-state index in [1.165, 1.54) is 0 Å². The summed E-state index contributed by atoms with van der Waals surface area (Å²) < 4.78 is 0. The molecule has 1 saturated heterocycles. The Morgan fingerprint density at radius 3 is 2.40 bits per heavy atom. The zero-order valence-electron chi connectivity index (χ0n) is 9.14. The Hall–Kier alpha value is -1.12. The highest BCUT2D eigenvalue weighted by Gasteiger charge is 2.45. The van der Waals surface area contributed by atoms with Crippen LogP contribution >= 0.6 is 0 Å². The molecular weight excluding hydrogens is 188 g/mol. The van der Waals surface area contributed by atoms with Gasteiger partial charge in [0.2, 0.25) is 0 Å². The van der Waals surface area contributed by atoms with Gasteiger partial charge in [-0.15, -0.1) is 6.58 Å². The first-order valence-corrected chi connectivity index (χ1v) is 5.16. The molecular formula is C13H16O2. The Kier molecular flexibility index (Phi) is 2.63. The van der Waals surface area contributed by atoms with Crippen LogP contribution in [0.4, 0.5) is 0 Å². The highest BCUT2D eigenvalue weighted by Crippen LogP contribution is 2.46. The van der Waals surface area contributed by atoms with Crippen molar-refractivity contribution in [2.45, 2.75) is 26.1 Å². The molecule has 1 aromatic rings. The van der Waals surface area contributed by atoms with Gasteiger partial charge in [-0.3, -0.25) is 0 Å². The smallest absolute Gasteiger partial charge is 0.126 e. The average molecular weight is 204 g/mol. The van der Waals surface area contributed by atoms with Gasteiger partial charge in [0.1, 0.15) is 12.2 Å². The van der Waals surface area contributed by atoms with E-state index in [9.17, 15) is 0 Å². The van der Waals surface area contributed by atoms with Gasteiger partial charge < -0.3 is 0 Å². The molecule has 2 rings (SSSR count). The van der Waals surface area contributed by atoms with Crippen LogP contribution in [0.3, 0.4) is 0 Å². The van der Waals surface area contributed by atoms with Crippen LogP contribution in [0.2, 0.25) is 0 Å². The molecule has 2 atom stereocenters. The van der Waals surface area contributed by atoms with Gasteiger partial charge in [0.15, 0.2) is 0 Å². The second-order valence-corrected chi connectivity index (χ2v) is 4.46. The van der Waals surface area contributed by atoms with Crippen LogP contribution < -0.4 is 0 Å². The van der Waals surface area contributed by atoms with Crippen molar-refractivity contribution < 1.29 is 9.78 Å². The molecule has 1 aromatic carbocycles. The Balaban J connectivity index is 2.29. The third-order valence-electron chi connectivity index (χ3n) is 2.98. The van der Waals surface area contributed by atoms with Crippen molar-refractivity contribution in [1.29, 1.82) is 0 Å². The minimum atomic E-state index is -0.0803. The van der Waals surface area contributed by atoms with E-state index >= 15 is 0 Å². The lowest BCUT2D eigenvalue weighted by Crippen LogP contribution is -2.27. The summed E-state index contributed by atoms with van der Waals surface area (Å²) in [5, 5.41) is 0. The van der Waals surface area contributed by atoms with E-state index < -0.39 is 0 Å². The fraction of sp³-hybridized carbons (Fsp3) is 0.385. The average Bonchev–Trinajstić information content (AvgIpc) is 2.54. The van der Waals surface area contributed by atoms with E-state index in [0.29, 0.717) is 0 Å². The van der Waals surface area contributed by atoms with Crippen LogP contribution in [-0.2, 0) is 9.78 Å². The predicted molar refractivity (Wildman–Crippen MR) is 59.1 cm³/mol. The standard InChI is InChI=1S/C13H16O2/c1-4-11-13(2,3)12(15-14-11)10-8-6-5-7-9-10/h4-9,11-12H,1H2,2-3H3/t11-,12+/m1/s1. The Morgan fingerprint density at radius 1 is 1.20 bits per heavy atom. The second kappa shape index (κ2) is 3.80. The van der Waals surface area contributed by atoms with Crippen molar-refractivity contribution in [2.75, 3.05) is 0 Å². The molecule has 0 amide bonds. The lowest BCUT2D eigenvalue weighted by atomic mass is 9.78. The molecule has 0 spiro atoms. The van der Waals surface area contributed by atoms with Gasteiger partial charge >= 0.3 is 0 Å². The van der Waals surface area contributed by atoms with Crippen molar-refractivity contribution in [2.24, 2.45) is 5.41 Å². The molecule has 0 unspecified atom stereocenters. The molecule has 80 valence electrons. The van der Waals surface area contributed by atoms with E-state index in [4.69, 9.17) is 9.78 Å². The third kappa shape index (κ3) is 1.71. The normalized spacial score (nSPS) is 28.9. The molecule has 0 aromatic heterocycles. The maximum Gasteiger partial charge on any atom is 0.126 e. The molecule has 1 heterocycles. The molecule has 0 saturated carbocycles. The highest BCUT2D eigenvalue weighted by atomic mass is 17.2. The lowest BCUT2D eigenvalue weighted by molar-refractivity contribution is -0.290. The first kappa shape index (κ1) is 10.4. The predicted octanol–water partition coefficient (Wildman–Crippen LogP) is 3.27. The third-order valence-corrected chi connectivity index (χ3v) is 2.98. The van der Waals surface area contributed by atoms with E-state index in [1.54, 1.807) is 6.08 Å². The lowest BCUT2D eigenvalue weighted by Gasteiger charge is -2.25. The number of benzene rings is 1. The van der Waals surface area contributed by atoms with E-state index in [1.807, 2.05) is 18.2 Å². The maximum absolute atomic E-state index is 5.39. The molecule has 2 nitrogen and oxygen atoms in total. The summed E-state index contributed by atoms with van der Waals surface area (Å²) in [6.07, 6.45) is 1.72. The van der Waals surface area contributed by atoms with Crippen molar-refractivity contribution in [3.05, 3.63) is 48.6 Å². The van der Waals surface area contributed by atoms with Crippen molar-refractivity contribution in [3.8, 4) is 0 Å². The topological polar surface area (TPSA) is 18.5 Å². The Labute approximate surface area is 90.4 Å². The largest absolute Gasteiger partial charge is 0.228 e. The summed E-state index contributed by atoms with van der Waals surface area (Å²) in [5.41, 5.74) is 1.06. The Bertz CT molecular complexity index is 343. The molecule has 0 bridgehead atoms. The molecule has 0 N–H and O–H groups in total. The summed E-state index contributed by atoms with van der Waals surface area (Å²) in [6, 6.07) is 10.1. The number of hydrogen-bond donors (Lipinski definition) is 0. The molecule has 0 aliphatic carbocycles. The van der Waals surface area contributed by atoms with Gasteiger partial charge in [0.25, 0.3) is 0 Å². The zero-order valence-corrected chi connectivity index (χ0v) is 9.14. The van der Waals surface area contributed by atoms with E-state index in [2.05, 4.69) is 32.6 Å². The molecule has 0 radical (unpaired) electrons. The molecule has 2 heteroatoms. The molecule has 15 heavy (non-hydrogen) atoms. The monoisotopic (exact) mass is 204 g/mol. The Morgan fingerprint density at radius 2 is 1.87 bits per heavy atom. The quantitative estimate of drug-likeness (QED) is 0.543. The maximum atomic E-state index is 5.39. The summed E-state index contributed by atoms with van der Waals surface area (Å²) in [7, 11) is 0. The van der Waals surface area contributed by atoms with Crippen molar-refractivity contribution >= 4 is 0 Å². The van der Waals surface area contributed by atoms with Gasteiger partial charge in [-0.2, -0.15) is 0 Å². The fourth-order valence-electron chi connectivity index (χ4n) is 1.97. The van der Waals surface area contributed by atoms with Crippen LogP contribution in [0.15, 0.2) is 43.0 Å². The van der Waals surface area contributed by atoms with Gasteiger partial charge in [-0.05, 0) is 5.56 Å². The van der Waals surface area contributed by atoms with Crippen LogP contribution in [0, 0.1) is 5.41 Å². The number of rotatable bonds is 2. The summed E-state index contributed by atoms with van der Waals surface area (Å²) in [6.45, 7) is 8.02. The first-order chi connectivity index (χ1) is 7.16.